The number of rotatable bonds is 5. The van der Waals surface area contributed by atoms with E-state index in [4.69, 9.17) is 0 Å². The Morgan fingerprint density at radius 1 is 1.14 bits per heavy atom. The summed E-state index contributed by atoms with van der Waals surface area (Å²) in [5.74, 6) is -1.28. The van der Waals surface area contributed by atoms with Crippen LogP contribution in [0.4, 0.5) is 5.69 Å². The van der Waals surface area contributed by atoms with Gasteiger partial charge in [-0.25, -0.2) is 0 Å². The zero-order chi connectivity index (χ0) is 16.1. The van der Waals surface area contributed by atoms with E-state index in [2.05, 4.69) is 5.32 Å². The van der Waals surface area contributed by atoms with Crippen molar-refractivity contribution in [2.45, 2.75) is 18.7 Å². The smallest absolute Gasteiger partial charge is 0.234 e. The number of amides is 1. The van der Waals surface area contributed by atoms with Crippen LogP contribution >= 0.6 is 11.8 Å². The van der Waals surface area contributed by atoms with Gasteiger partial charge in [0.05, 0.1) is 11.7 Å². The third-order valence-corrected chi connectivity index (χ3v) is 4.21. The summed E-state index contributed by atoms with van der Waals surface area (Å²) in [5, 5.41) is 13.9. The van der Waals surface area contributed by atoms with Crippen molar-refractivity contribution >= 4 is 29.3 Å². The number of carboxylic acids is 1. The van der Waals surface area contributed by atoms with Crippen molar-refractivity contribution in [2.24, 2.45) is 0 Å². The molecule has 0 radical (unpaired) electrons. The fourth-order valence-corrected chi connectivity index (χ4v) is 2.80. The number of carboxylic acid groups (broad SMARTS) is 1. The van der Waals surface area contributed by atoms with Gasteiger partial charge in [-0.1, -0.05) is 30.3 Å². The number of hydrogen-bond acceptors (Lipinski definition) is 4. The van der Waals surface area contributed by atoms with Gasteiger partial charge in [0.15, 0.2) is 0 Å². The summed E-state index contributed by atoms with van der Waals surface area (Å²) in [5.41, 5.74) is 2.93. The number of aromatic carboxylic acids is 1. The van der Waals surface area contributed by atoms with Gasteiger partial charge in [-0.15, -0.1) is 11.8 Å². The van der Waals surface area contributed by atoms with Crippen molar-refractivity contribution in [2.75, 3.05) is 11.1 Å². The molecule has 0 saturated heterocycles. The Bertz CT molecular complexity index is 713. The van der Waals surface area contributed by atoms with Crippen LogP contribution in [0.5, 0.6) is 0 Å². The number of hydrogen-bond donors (Lipinski definition) is 1. The second-order valence-corrected chi connectivity index (χ2v) is 5.96. The minimum absolute atomic E-state index is 0.104. The maximum absolute atomic E-state index is 12.0. The number of aryl methyl sites for hydroxylation is 2. The first-order valence-electron chi connectivity index (χ1n) is 6.77. The quantitative estimate of drug-likeness (QED) is 0.860. The molecule has 114 valence electrons. The van der Waals surface area contributed by atoms with Crippen molar-refractivity contribution in [1.29, 1.82) is 0 Å². The number of anilines is 1. The lowest BCUT2D eigenvalue weighted by molar-refractivity contribution is -0.255. The van der Waals surface area contributed by atoms with Crippen LogP contribution in [0, 0.1) is 13.8 Å². The molecule has 0 aliphatic carbocycles. The number of thioether (sulfide) groups is 1. The topological polar surface area (TPSA) is 69.2 Å². The lowest BCUT2D eigenvalue weighted by Crippen LogP contribution is -2.23. The second kappa shape index (κ2) is 7.13. The molecule has 0 saturated carbocycles. The Labute approximate surface area is 133 Å². The minimum Gasteiger partial charge on any atom is -0.545 e. The van der Waals surface area contributed by atoms with E-state index in [1.165, 1.54) is 17.8 Å². The summed E-state index contributed by atoms with van der Waals surface area (Å²) in [6.07, 6.45) is 0. The van der Waals surface area contributed by atoms with Crippen molar-refractivity contribution in [1.82, 2.24) is 0 Å². The van der Waals surface area contributed by atoms with Gasteiger partial charge in [0.25, 0.3) is 0 Å². The summed E-state index contributed by atoms with van der Waals surface area (Å²) < 4.78 is 0. The van der Waals surface area contributed by atoms with Crippen LogP contribution < -0.4 is 10.4 Å². The molecule has 2 rings (SSSR count). The van der Waals surface area contributed by atoms with Crippen LogP contribution in [0.1, 0.15) is 21.5 Å². The number of carbonyl (C=O) groups excluding carboxylic acids is 2. The first-order chi connectivity index (χ1) is 10.5. The molecule has 0 unspecified atom stereocenters. The van der Waals surface area contributed by atoms with E-state index >= 15 is 0 Å². The monoisotopic (exact) mass is 314 g/mol. The lowest BCUT2D eigenvalue weighted by Gasteiger charge is -2.11. The van der Waals surface area contributed by atoms with Gasteiger partial charge >= 0.3 is 0 Å². The highest BCUT2D eigenvalue weighted by Gasteiger charge is 2.08. The van der Waals surface area contributed by atoms with Crippen LogP contribution in [-0.4, -0.2) is 17.6 Å². The van der Waals surface area contributed by atoms with E-state index in [1.54, 1.807) is 18.2 Å². The summed E-state index contributed by atoms with van der Waals surface area (Å²) in [4.78, 5) is 23.6. The van der Waals surface area contributed by atoms with E-state index in [0.29, 0.717) is 4.90 Å². The van der Waals surface area contributed by atoms with Gasteiger partial charge in [0.1, 0.15) is 0 Å². The molecule has 2 aromatic rings. The summed E-state index contributed by atoms with van der Waals surface area (Å²) in [6, 6.07) is 12.3. The summed E-state index contributed by atoms with van der Waals surface area (Å²) in [7, 11) is 0. The highest BCUT2D eigenvalue weighted by atomic mass is 32.2. The van der Waals surface area contributed by atoms with Crippen LogP contribution in [0.3, 0.4) is 0 Å². The van der Waals surface area contributed by atoms with E-state index < -0.39 is 5.97 Å². The van der Waals surface area contributed by atoms with Crippen LogP contribution in [0.25, 0.3) is 0 Å². The molecule has 0 spiro atoms. The Morgan fingerprint density at radius 2 is 1.86 bits per heavy atom. The molecule has 1 amide bonds. The molecular formula is C17H16NO3S-. The van der Waals surface area contributed by atoms with E-state index in [0.717, 1.165) is 16.8 Å². The number of carbonyl (C=O) groups is 2. The largest absolute Gasteiger partial charge is 0.545 e. The average Bonchev–Trinajstić information content (AvgIpc) is 2.49. The Balaban J connectivity index is 2.02. The number of benzene rings is 2. The van der Waals surface area contributed by atoms with Crippen LogP contribution in [-0.2, 0) is 4.79 Å². The molecule has 0 heterocycles. The maximum Gasteiger partial charge on any atom is 0.234 e. The van der Waals surface area contributed by atoms with E-state index in [-0.39, 0.29) is 17.2 Å². The fourth-order valence-electron chi connectivity index (χ4n) is 1.96. The standard InChI is InChI=1S/C17H17NO3S/c1-11-7-8-12(2)14(9-11)18-16(19)10-22-15-6-4-3-5-13(15)17(20)21/h3-9H,10H2,1-2H3,(H,18,19)(H,20,21)/p-1. The highest BCUT2D eigenvalue weighted by Crippen LogP contribution is 2.23. The maximum atomic E-state index is 12.0. The Kier molecular flexibility index (Phi) is 5.22. The zero-order valence-electron chi connectivity index (χ0n) is 12.4. The summed E-state index contributed by atoms with van der Waals surface area (Å²) >= 11 is 1.18. The Morgan fingerprint density at radius 3 is 2.59 bits per heavy atom. The van der Waals surface area contributed by atoms with Gasteiger partial charge in [0.2, 0.25) is 5.91 Å². The minimum atomic E-state index is -1.24. The molecule has 0 fully saturated rings. The van der Waals surface area contributed by atoms with Gasteiger partial charge in [-0.2, -0.15) is 0 Å². The average molecular weight is 314 g/mol. The van der Waals surface area contributed by atoms with Crippen molar-refractivity contribution in [3.8, 4) is 0 Å². The molecule has 22 heavy (non-hydrogen) atoms. The van der Waals surface area contributed by atoms with Gasteiger partial charge < -0.3 is 15.2 Å². The summed E-state index contributed by atoms with van der Waals surface area (Å²) in [6.45, 7) is 3.88. The molecule has 0 aliphatic heterocycles. The molecule has 0 atom stereocenters. The predicted octanol–water partition coefficient (Wildman–Crippen LogP) is 2.40. The Hall–Kier alpha value is -2.27. The molecule has 5 heteroatoms. The second-order valence-electron chi connectivity index (χ2n) is 4.94. The SMILES string of the molecule is Cc1ccc(C)c(NC(=O)CSc2ccccc2C(=O)[O-])c1. The van der Waals surface area contributed by atoms with E-state index in [1.807, 2.05) is 32.0 Å². The molecule has 4 nitrogen and oxygen atoms in total. The number of nitrogens with one attached hydrogen (secondary N) is 1. The zero-order valence-corrected chi connectivity index (χ0v) is 13.2. The van der Waals surface area contributed by atoms with Gasteiger partial charge in [-0.3, -0.25) is 4.79 Å². The molecule has 0 aliphatic rings. The predicted molar refractivity (Wildman–Crippen MR) is 86.0 cm³/mol. The van der Waals surface area contributed by atoms with Crippen LogP contribution in [0.2, 0.25) is 0 Å². The van der Waals surface area contributed by atoms with Crippen molar-refractivity contribution < 1.29 is 14.7 Å². The van der Waals surface area contributed by atoms with Crippen molar-refractivity contribution in [3.63, 3.8) is 0 Å². The van der Waals surface area contributed by atoms with Gasteiger partial charge in [0, 0.05) is 16.1 Å². The molecular weight excluding hydrogens is 298 g/mol. The third-order valence-electron chi connectivity index (χ3n) is 3.13. The first-order valence-corrected chi connectivity index (χ1v) is 7.76. The molecule has 0 bridgehead atoms. The third kappa shape index (κ3) is 4.11. The highest BCUT2D eigenvalue weighted by molar-refractivity contribution is 8.00. The van der Waals surface area contributed by atoms with Crippen LogP contribution in [0.15, 0.2) is 47.4 Å². The van der Waals surface area contributed by atoms with E-state index in [9.17, 15) is 14.7 Å². The van der Waals surface area contributed by atoms with Crippen molar-refractivity contribution in [3.05, 3.63) is 59.2 Å². The van der Waals surface area contributed by atoms with Gasteiger partial charge in [-0.05, 0) is 37.1 Å². The normalized spacial score (nSPS) is 10.3. The first kappa shape index (κ1) is 16.1. The molecule has 1 N–H and O–H groups in total. The fraction of sp³-hybridized carbons (Fsp3) is 0.176. The molecule has 2 aromatic carbocycles. The molecule has 0 aromatic heterocycles. The lowest BCUT2D eigenvalue weighted by atomic mass is 10.1.